The SMILES string of the molecule is CC(O)c1cccnc1N1CCC2(O)CCCCC2C1. The van der Waals surface area contributed by atoms with E-state index in [0.717, 1.165) is 50.2 Å². The Labute approximate surface area is 120 Å². The number of nitrogens with zero attached hydrogens (tertiary/aromatic N) is 2. The zero-order valence-electron chi connectivity index (χ0n) is 12.1. The van der Waals surface area contributed by atoms with E-state index in [2.05, 4.69) is 9.88 Å². The summed E-state index contributed by atoms with van der Waals surface area (Å²) >= 11 is 0. The van der Waals surface area contributed by atoms with E-state index in [-0.39, 0.29) is 0 Å². The van der Waals surface area contributed by atoms with E-state index >= 15 is 0 Å². The third-order valence-corrected chi connectivity index (χ3v) is 4.99. The number of piperidine rings is 1. The minimum absolute atomic E-state index is 0.342. The molecule has 2 heterocycles. The smallest absolute Gasteiger partial charge is 0.134 e. The van der Waals surface area contributed by atoms with E-state index in [4.69, 9.17) is 0 Å². The lowest BCUT2D eigenvalue weighted by Gasteiger charge is -2.48. The third-order valence-electron chi connectivity index (χ3n) is 4.99. The van der Waals surface area contributed by atoms with Gasteiger partial charge in [-0.05, 0) is 32.3 Å². The number of aliphatic hydroxyl groups excluding tert-OH is 1. The maximum Gasteiger partial charge on any atom is 0.134 e. The lowest BCUT2D eigenvalue weighted by Crippen LogP contribution is -2.53. The van der Waals surface area contributed by atoms with Crippen molar-refractivity contribution in [3.05, 3.63) is 23.9 Å². The first-order chi connectivity index (χ1) is 9.60. The molecule has 0 radical (unpaired) electrons. The number of pyridine rings is 1. The first-order valence-electron chi connectivity index (χ1n) is 7.70. The van der Waals surface area contributed by atoms with Gasteiger partial charge in [-0.15, -0.1) is 0 Å². The molecule has 2 N–H and O–H groups in total. The normalized spacial score (nSPS) is 31.8. The monoisotopic (exact) mass is 276 g/mol. The van der Waals surface area contributed by atoms with Gasteiger partial charge in [0.1, 0.15) is 5.82 Å². The molecule has 0 amide bonds. The average molecular weight is 276 g/mol. The second kappa shape index (κ2) is 5.34. The Bertz CT molecular complexity index is 477. The molecular weight excluding hydrogens is 252 g/mol. The standard InChI is InChI=1S/C16H24N2O2/c1-12(19)14-6-4-9-17-15(14)18-10-8-16(20)7-3-2-5-13(16)11-18/h4,6,9,12-13,19-20H,2-3,5,7-8,10-11H2,1H3. The summed E-state index contributed by atoms with van der Waals surface area (Å²) in [6.45, 7) is 3.46. The zero-order chi connectivity index (χ0) is 14.2. The van der Waals surface area contributed by atoms with Gasteiger partial charge >= 0.3 is 0 Å². The van der Waals surface area contributed by atoms with Crippen molar-refractivity contribution in [1.29, 1.82) is 0 Å². The Morgan fingerprint density at radius 2 is 2.25 bits per heavy atom. The highest BCUT2D eigenvalue weighted by atomic mass is 16.3. The second-order valence-electron chi connectivity index (χ2n) is 6.33. The van der Waals surface area contributed by atoms with Gasteiger partial charge in [-0.2, -0.15) is 0 Å². The lowest BCUT2D eigenvalue weighted by molar-refractivity contribution is -0.0614. The maximum atomic E-state index is 10.7. The van der Waals surface area contributed by atoms with Crippen molar-refractivity contribution in [1.82, 2.24) is 4.98 Å². The second-order valence-corrected chi connectivity index (χ2v) is 6.33. The maximum absolute atomic E-state index is 10.7. The fourth-order valence-corrected chi connectivity index (χ4v) is 3.76. The summed E-state index contributed by atoms with van der Waals surface area (Å²) in [5.41, 5.74) is 0.419. The molecule has 1 aromatic heterocycles. The summed E-state index contributed by atoms with van der Waals surface area (Å²) in [5.74, 6) is 1.23. The van der Waals surface area contributed by atoms with E-state index in [1.807, 2.05) is 12.1 Å². The topological polar surface area (TPSA) is 56.6 Å². The molecule has 3 unspecified atom stereocenters. The Balaban J connectivity index is 1.83. The van der Waals surface area contributed by atoms with Crippen molar-refractivity contribution in [3.63, 3.8) is 0 Å². The summed E-state index contributed by atoms with van der Waals surface area (Å²) < 4.78 is 0. The first kappa shape index (κ1) is 13.8. The highest BCUT2D eigenvalue weighted by Crippen LogP contribution is 2.41. The van der Waals surface area contributed by atoms with Gasteiger partial charge in [0.25, 0.3) is 0 Å². The molecule has 2 fully saturated rings. The largest absolute Gasteiger partial charge is 0.389 e. The minimum Gasteiger partial charge on any atom is -0.389 e. The van der Waals surface area contributed by atoms with Crippen molar-refractivity contribution in [3.8, 4) is 0 Å². The van der Waals surface area contributed by atoms with Crippen LogP contribution in [-0.2, 0) is 0 Å². The van der Waals surface area contributed by atoms with Gasteiger partial charge in [-0.1, -0.05) is 18.9 Å². The summed E-state index contributed by atoms with van der Waals surface area (Å²) in [7, 11) is 0. The van der Waals surface area contributed by atoms with Gasteiger partial charge in [-0.25, -0.2) is 4.98 Å². The molecule has 4 heteroatoms. The number of fused-ring (bicyclic) bond motifs is 1. The Hall–Kier alpha value is -1.13. The van der Waals surface area contributed by atoms with Crippen molar-refractivity contribution in [2.24, 2.45) is 5.92 Å². The molecule has 1 aliphatic heterocycles. The van der Waals surface area contributed by atoms with Gasteiger partial charge in [0.05, 0.1) is 11.7 Å². The van der Waals surface area contributed by atoms with Crippen LogP contribution in [0, 0.1) is 5.92 Å². The molecule has 2 aliphatic rings. The van der Waals surface area contributed by atoms with Crippen LogP contribution in [0.1, 0.15) is 50.7 Å². The van der Waals surface area contributed by atoms with Crippen LogP contribution in [-0.4, -0.2) is 33.9 Å². The molecule has 1 saturated heterocycles. The van der Waals surface area contributed by atoms with E-state index < -0.39 is 11.7 Å². The molecule has 20 heavy (non-hydrogen) atoms. The van der Waals surface area contributed by atoms with Gasteiger partial charge < -0.3 is 15.1 Å². The van der Waals surface area contributed by atoms with Crippen LogP contribution in [0.5, 0.6) is 0 Å². The quantitative estimate of drug-likeness (QED) is 0.870. The van der Waals surface area contributed by atoms with E-state index in [1.165, 1.54) is 6.42 Å². The highest BCUT2D eigenvalue weighted by Gasteiger charge is 2.43. The number of hydrogen-bond acceptors (Lipinski definition) is 4. The number of rotatable bonds is 2. The Kier molecular flexibility index (Phi) is 3.69. The van der Waals surface area contributed by atoms with Crippen LogP contribution in [0.2, 0.25) is 0 Å². The van der Waals surface area contributed by atoms with Crippen molar-refractivity contribution in [2.75, 3.05) is 18.0 Å². The van der Waals surface area contributed by atoms with Gasteiger partial charge in [0, 0.05) is 30.8 Å². The molecule has 1 aliphatic carbocycles. The highest BCUT2D eigenvalue weighted by molar-refractivity contribution is 5.48. The van der Waals surface area contributed by atoms with Gasteiger partial charge in [0.15, 0.2) is 0 Å². The molecule has 1 saturated carbocycles. The summed E-state index contributed by atoms with van der Waals surface area (Å²) in [4.78, 5) is 6.71. The summed E-state index contributed by atoms with van der Waals surface area (Å²) in [6, 6.07) is 3.81. The fraction of sp³-hybridized carbons (Fsp3) is 0.688. The third kappa shape index (κ3) is 2.42. The van der Waals surface area contributed by atoms with E-state index in [1.54, 1.807) is 13.1 Å². The van der Waals surface area contributed by atoms with Crippen LogP contribution < -0.4 is 4.90 Å². The van der Waals surface area contributed by atoms with Crippen LogP contribution >= 0.6 is 0 Å². The molecule has 3 atom stereocenters. The first-order valence-corrected chi connectivity index (χ1v) is 7.70. The average Bonchev–Trinajstić information content (AvgIpc) is 2.46. The molecule has 0 spiro atoms. The number of aromatic nitrogens is 1. The number of hydrogen-bond donors (Lipinski definition) is 2. The van der Waals surface area contributed by atoms with Crippen LogP contribution in [0.3, 0.4) is 0 Å². The predicted octanol–water partition coefficient (Wildman–Crippen LogP) is 2.27. The van der Waals surface area contributed by atoms with Crippen molar-refractivity contribution >= 4 is 5.82 Å². The van der Waals surface area contributed by atoms with Crippen molar-refractivity contribution < 1.29 is 10.2 Å². The van der Waals surface area contributed by atoms with Crippen LogP contribution in [0.15, 0.2) is 18.3 Å². The molecule has 110 valence electrons. The molecule has 0 aromatic carbocycles. The molecular formula is C16H24N2O2. The van der Waals surface area contributed by atoms with E-state index in [0.29, 0.717) is 5.92 Å². The van der Waals surface area contributed by atoms with Crippen molar-refractivity contribution in [2.45, 2.75) is 50.7 Å². The molecule has 4 nitrogen and oxygen atoms in total. The fourth-order valence-electron chi connectivity index (χ4n) is 3.76. The van der Waals surface area contributed by atoms with Crippen LogP contribution in [0.25, 0.3) is 0 Å². The molecule has 1 aromatic rings. The predicted molar refractivity (Wildman–Crippen MR) is 78.6 cm³/mol. The summed E-state index contributed by atoms with van der Waals surface area (Å²) in [5, 5.41) is 20.6. The Morgan fingerprint density at radius 1 is 1.40 bits per heavy atom. The van der Waals surface area contributed by atoms with E-state index in [9.17, 15) is 10.2 Å². The number of aliphatic hydroxyl groups is 2. The lowest BCUT2D eigenvalue weighted by atomic mass is 9.71. The molecule has 0 bridgehead atoms. The summed E-state index contributed by atoms with van der Waals surface area (Å²) in [6.07, 6.45) is 6.49. The number of anilines is 1. The zero-order valence-corrected chi connectivity index (χ0v) is 12.1. The van der Waals surface area contributed by atoms with Gasteiger partial charge in [-0.3, -0.25) is 0 Å². The Morgan fingerprint density at radius 3 is 3.05 bits per heavy atom. The minimum atomic E-state index is -0.508. The van der Waals surface area contributed by atoms with Gasteiger partial charge in [0.2, 0.25) is 0 Å². The van der Waals surface area contributed by atoms with Crippen LogP contribution in [0.4, 0.5) is 5.82 Å². The molecule has 3 rings (SSSR count).